The van der Waals surface area contributed by atoms with Gasteiger partial charge < -0.3 is 10.6 Å². The minimum atomic E-state index is -4.43. The predicted molar refractivity (Wildman–Crippen MR) is 75.7 cm³/mol. The van der Waals surface area contributed by atoms with Crippen LogP contribution in [0.1, 0.15) is 16.7 Å². The standard InChI is InChI=1S/C15H16F3N3/c1-21(10-12-6-3-2-5-11(12)9-19)14-13(15(16,17)18)7-4-8-20-14/h2-8H,9-10,19H2,1H3. The van der Waals surface area contributed by atoms with Crippen molar-refractivity contribution in [2.45, 2.75) is 19.3 Å². The zero-order valence-electron chi connectivity index (χ0n) is 11.6. The lowest BCUT2D eigenvalue weighted by molar-refractivity contribution is -0.137. The van der Waals surface area contributed by atoms with Crippen LogP contribution in [0.2, 0.25) is 0 Å². The number of rotatable bonds is 4. The molecule has 6 heteroatoms. The molecule has 3 nitrogen and oxygen atoms in total. The summed E-state index contributed by atoms with van der Waals surface area (Å²) < 4.78 is 39.0. The highest BCUT2D eigenvalue weighted by Crippen LogP contribution is 2.35. The van der Waals surface area contributed by atoms with Gasteiger partial charge in [0, 0.05) is 26.3 Å². The minimum absolute atomic E-state index is 0.0863. The lowest BCUT2D eigenvalue weighted by Gasteiger charge is -2.23. The maximum absolute atomic E-state index is 13.0. The molecule has 0 bridgehead atoms. The Labute approximate surface area is 121 Å². The Morgan fingerprint density at radius 1 is 1.10 bits per heavy atom. The van der Waals surface area contributed by atoms with Crippen LogP contribution in [0.4, 0.5) is 19.0 Å². The Morgan fingerprint density at radius 3 is 2.38 bits per heavy atom. The van der Waals surface area contributed by atoms with E-state index in [9.17, 15) is 13.2 Å². The third-order valence-corrected chi connectivity index (χ3v) is 3.20. The molecule has 21 heavy (non-hydrogen) atoms. The van der Waals surface area contributed by atoms with Crippen LogP contribution in [0, 0.1) is 0 Å². The van der Waals surface area contributed by atoms with E-state index >= 15 is 0 Å². The number of nitrogens with zero attached hydrogens (tertiary/aromatic N) is 2. The lowest BCUT2D eigenvalue weighted by Crippen LogP contribution is -2.23. The third-order valence-electron chi connectivity index (χ3n) is 3.20. The van der Waals surface area contributed by atoms with E-state index in [4.69, 9.17) is 5.73 Å². The van der Waals surface area contributed by atoms with E-state index in [1.807, 2.05) is 24.3 Å². The Balaban J connectivity index is 2.31. The largest absolute Gasteiger partial charge is 0.419 e. The molecular weight excluding hydrogens is 279 g/mol. The summed E-state index contributed by atoms with van der Waals surface area (Å²) in [5, 5.41) is 0. The van der Waals surface area contributed by atoms with Crippen LogP contribution in [0.25, 0.3) is 0 Å². The van der Waals surface area contributed by atoms with Crippen molar-refractivity contribution in [3.8, 4) is 0 Å². The first kappa shape index (κ1) is 15.3. The van der Waals surface area contributed by atoms with Gasteiger partial charge in [-0.3, -0.25) is 0 Å². The van der Waals surface area contributed by atoms with Gasteiger partial charge in [0.15, 0.2) is 0 Å². The number of aromatic nitrogens is 1. The molecule has 0 saturated carbocycles. The van der Waals surface area contributed by atoms with Gasteiger partial charge in [-0.25, -0.2) is 4.98 Å². The average Bonchev–Trinajstić information content (AvgIpc) is 2.47. The molecule has 2 rings (SSSR count). The van der Waals surface area contributed by atoms with Crippen molar-refractivity contribution in [3.05, 3.63) is 59.3 Å². The molecule has 2 N–H and O–H groups in total. The number of alkyl halides is 3. The molecule has 0 unspecified atom stereocenters. The normalized spacial score (nSPS) is 11.5. The van der Waals surface area contributed by atoms with Crippen LogP contribution in [0.5, 0.6) is 0 Å². The van der Waals surface area contributed by atoms with Crippen LogP contribution in [0.3, 0.4) is 0 Å². The smallest absolute Gasteiger partial charge is 0.355 e. The van der Waals surface area contributed by atoms with E-state index < -0.39 is 11.7 Å². The molecule has 0 fully saturated rings. The molecule has 1 aromatic heterocycles. The Bertz CT molecular complexity index is 611. The summed E-state index contributed by atoms with van der Waals surface area (Å²) in [7, 11) is 1.59. The zero-order valence-corrected chi connectivity index (χ0v) is 11.6. The number of anilines is 1. The number of benzene rings is 1. The van der Waals surface area contributed by atoms with Gasteiger partial charge in [-0.1, -0.05) is 24.3 Å². The molecule has 1 aromatic carbocycles. The zero-order chi connectivity index (χ0) is 15.5. The molecule has 2 aromatic rings. The average molecular weight is 295 g/mol. The first-order chi connectivity index (χ1) is 9.93. The summed E-state index contributed by atoms with van der Waals surface area (Å²) in [5.41, 5.74) is 6.71. The summed E-state index contributed by atoms with van der Waals surface area (Å²) in [6, 6.07) is 9.74. The van der Waals surface area contributed by atoms with Gasteiger partial charge in [-0.05, 0) is 23.3 Å². The second-order valence-electron chi connectivity index (χ2n) is 4.70. The minimum Gasteiger partial charge on any atom is -0.355 e. The van der Waals surface area contributed by atoms with E-state index in [0.29, 0.717) is 13.1 Å². The van der Waals surface area contributed by atoms with Gasteiger partial charge in [0.05, 0.1) is 5.56 Å². The summed E-state index contributed by atoms with van der Waals surface area (Å²) in [4.78, 5) is 5.35. The molecular formula is C15H16F3N3. The van der Waals surface area contributed by atoms with Gasteiger partial charge in [-0.15, -0.1) is 0 Å². The second-order valence-corrected chi connectivity index (χ2v) is 4.70. The van der Waals surface area contributed by atoms with E-state index in [0.717, 1.165) is 17.2 Å². The van der Waals surface area contributed by atoms with Crippen molar-refractivity contribution in [1.29, 1.82) is 0 Å². The van der Waals surface area contributed by atoms with Crippen molar-refractivity contribution in [2.75, 3.05) is 11.9 Å². The topological polar surface area (TPSA) is 42.1 Å². The molecule has 0 aliphatic heterocycles. The fourth-order valence-corrected chi connectivity index (χ4v) is 2.16. The maximum atomic E-state index is 13.0. The maximum Gasteiger partial charge on any atom is 0.419 e. The highest BCUT2D eigenvalue weighted by atomic mass is 19.4. The van der Waals surface area contributed by atoms with Crippen molar-refractivity contribution >= 4 is 5.82 Å². The first-order valence-electron chi connectivity index (χ1n) is 6.43. The van der Waals surface area contributed by atoms with E-state index in [1.54, 1.807) is 7.05 Å². The fourth-order valence-electron chi connectivity index (χ4n) is 2.16. The molecule has 0 atom stereocenters. The Kier molecular flexibility index (Phi) is 4.47. The Hall–Kier alpha value is -2.08. The van der Waals surface area contributed by atoms with E-state index in [1.165, 1.54) is 17.2 Å². The number of nitrogens with two attached hydrogens (primary N) is 1. The van der Waals surface area contributed by atoms with Gasteiger partial charge in [0.25, 0.3) is 0 Å². The summed E-state index contributed by atoms with van der Waals surface area (Å²) in [5.74, 6) is -0.0863. The summed E-state index contributed by atoms with van der Waals surface area (Å²) >= 11 is 0. The molecule has 0 radical (unpaired) electrons. The lowest BCUT2D eigenvalue weighted by atomic mass is 10.1. The quantitative estimate of drug-likeness (QED) is 0.942. The van der Waals surface area contributed by atoms with Crippen molar-refractivity contribution in [2.24, 2.45) is 5.73 Å². The van der Waals surface area contributed by atoms with Crippen LogP contribution >= 0.6 is 0 Å². The fraction of sp³-hybridized carbons (Fsp3) is 0.267. The van der Waals surface area contributed by atoms with Gasteiger partial charge in [0.1, 0.15) is 5.82 Å². The molecule has 112 valence electrons. The van der Waals surface area contributed by atoms with Gasteiger partial charge in [-0.2, -0.15) is 13.2 Å². The van der Waals surface area contributed by atoms with Gasteiger partial charge >= 0.3 is 6.18 Å². The van der Waals surface area contributed by atoms with Crippen LogP contribution in [-0.2, 0) is 19.3 Å². The highest BCUT2D eigenvalue weighted by Gasteiger charge is 2.35. The van der Waals surface area contributed by atoms with Crippen molar-refractivity contribution in [1.82, 2.24) is 4.98 Å². The predicted octanol–water partition coefficient (Wildman–Crippen LogP) is 3.20. The van der Waals surface area contributed by atoms with Crippen LogP contribution in [-0.4, -0.2) is 12.0 Å². The number of hydrogen-bond acceptors (Lipinski definition) is 3. The van der Waals surface area contributed by atoms with Gasteiger partial charge in [0.2, 0.25) is 0 Å². The third kappa shape index (κ3) is 3.52. The molecule has 0 aliphatic rings. The molecule has 0 aliphatic carbocycles. The second kappa shape index (κ2) is 6.13. The van der Waals surface area contributed by atoms with E-state index in [2.05, 4.69) is 4.98 Å². The summed E-state index contributed by atoms with van der Waals surface area (Å²) in [6.07, 6.45) is -3.07. The molecule has 0 amide bonds. The summed E-state index contributed by atoms with van der Waals surface area (Å²) in [6.45, 7) is 0.659. The molecule has 0 saturated heterocycles. The van der Waals surface area contributed by atoms with Crippen molar-refractivity contribution in [3.63, 3.8) is 0 Å². The molecule has 1 heterocycles. The van der Waals surface area contributed by atoms with E-state index in [-0.39, 0.29) is 5.82 Å². The SMILES string of the molecule is CN(Cc1ccccc1CN)c1ncccc1C(F)(F)F. The van der Waals surface area contributed by atoms with Crippen molar-refractivity contribution < 1.29 is 13.2 Å². The van der Waals surface area contributed by atoms with Crippen LogP contribution in [0.15, 0.2) is 42.6 Å². The number of hydrogen-bond donors (Lipinski definition) is 1. The number of pyridine rings is 1. The van der Waals surface area contributed by atoms with Crippen LogP contribution < -0.4 is 10.6 Å². The monoisotopic (exact) mass is 295 g/mol. The molecule has 0 spiro atoms. The Morgan fingerprint density at radius 2 is 1.76 bits per heavy atom. The highest BCUT2D eigenvalue weighted by molar-refractivity contribution is 5.48. The first-order valence-corrected chi connectivity index (χ1v) is 6.43. The number of halogens is 3.